The van der Waals surface area contributed by atoms with E-state index in [1.54, 1.807) is 36.7 Å². The molecular formula is C23H25BN8O3. The Hall–Kier alpha value is -4.03. The fourth-order valence-corrected chi connectivity index (χ4v) is 3.59. The fourth-order valence-electron chi connectivity index (χ4n) is 3.59. The molecular weight excluding hydrogens is 447 g/mol. The number of carbonyl (C=O) groups is 2. The van der Waals surface area contributed by atoms with Gasteiger partial charge in [-0.1, -0.05) is 12.1 Å². The third-order valence-electron chi connectivity index (χ3n) is 5.41. The number of nitrogens with zero attached hydrogens (tertiary/aromatic N) is 4. The summed E-state index contributed by atoms with van der Waals surface area (Å²) in [5.41, 5.74) is 8.98. The molecule has 0 unspecified atom stereocenters. The summed E-state index contributed by atoms with van der Waals surface area (Å²) in [6.45, 7) is 3.51. The maximum absolute atomic E-state index is 13.1. The van der Waals surface area contributed by atoms with Gasteiger partial charge in [-0.3, -0.25) is 14.6 Å². The van der Waals surface area contributed by atoms with Gasteiger partial charge in [-0.2, -0.15) is 0 Å². The van der Waals surface area contributed by atoms with Gasteiger partial charge in [-0.15, -0.1) is 0 Å². The van der Waals surface area contributed by atoms with Crippen molar-refractivity contribution in [1.82, 2.24) is 25.5 Å². The van der Waals surface area contributed by atoms with E-state index >= 15 is 0 Å². The summed E-state index contributed by atoms with van der Waals surface area (Å²) in [5.74, 6) is -0.709. The molecule has 0 saturated carbocycles. The van der Waals surface area contributed by atoms with Gasteiger partial charge < -0.3 is 31.2 Å². The van der Waals surface area contributed by atoms with Gasteiger partial charge in [0, 0.05) is 43.5 Å². The molecule has 3 aromatic rings. The SMILES string of the molecule is [B]NCCNC(=O)c1ccc(-c2cnc(N)c(C(=O)Nc3cnccc3N3CCOCC3)n2)cc1. The summed E-state index contributed by atoms with van der Waals surface area (Å²) >= 11 is 0. The third-order valence-corrected chi connectivity index (χ3v) is 5.41. The number of aromatic nitrogens is 3. The number of nitrogens with one attached hydrogen (secondary N) is 3. The van der Waals surface area contributed by atoms with Crippen LogP contribution in [0.2, 0.25) is 0 Å². The highest BCUT2D eigenvalue weighted by Gasteiger charge is 2.20. The molecule has 2 radical (unpaired) electrons. The zero-order chi connectivity index (χ0) is 24.6. The first kappa shape index (κ1) is 24.1. The van der Waals surface area contributed by atoms with Crippen molar-refractivity contribution < 1.29 is 14.3 Å². The molecule has 1 fully saturated rings. The second-order valence-corrected chi connectivity index (χ2v) is 7.72. The van der Waals surface area contributed by atoms with Crippen molar-refractivity contribution in [3.63, 3.8) is 0 Å². The molecule has 0 aliphatic carbocycles. The number of hydrogen-bond acceptors (Lipinski definition) is 9. The molecule has 1 aromatic carbocycles. The maximum atomic E-state index is 13.1. The molecule has 1 aliphatic heterocycles. The molecule has 0 bridgehead atoms. The Labute approximate surface area is 203 Å². The molecule has 4 rings (SSSR count). The lowest BCUT2D eigenvalue weighted by Gasteiger charge is -2.30. The van der Waals surface area contributed by atoms with E-state index in [0.717, 1.165) is 5.69 Å². The van der Waals surface area contributed by atoms with E-state index in [1.807, 2.05) is 6.07 Å². The summed E-state index contributed by atoms with van der Waals surface area (Å²) in [6.07, 6.45) is 4.75. The quantitative estimate of drug-likeness (QED) is 0.274. The van der Waals surface area contributed by atoms with Crippen LogP contribution in [0.4, 0.5) is 17.2 Å². The predicted octanol–water partition coefficient (Wildman–Crippen LogP) is 0.613. The first-order chi connectivity index (χ1) is 17.1. The summed E-state index contributed by atoms with van der Waals surface area (Å²) in [4.78, 5) is 40.1. The van der Waals surface area contributed by atoms with Crippen LogP contribution >= 0.6 is 0 Å². The molecule has 0 spiro atoms. The van der Waals surface area contributed by atoms with E-state index in [0.29, 0.717) is 61.9 Å². The van der Waals surface area contributed by atoms with Crippen LogP contribution in [0, 0.1) is 0 Å². The maximum Gasteiger partial charge on any atom is 0.278 e. The van der Waals surface area contributed by atoms with Gasteiger partial charge in [0.15, 0.2) is 19.5 Å². The lowest BCUT2D eigenvalue weighted by atomic mass is 10.1. The predicted molar refractivity (Wildman–Crippen MR) is 133 cm³/mol. The van der Waals surface area contributed by atoms with E-state index in [4.69, 9.17) is 18.5 Å². The molecule has 0 atom stereocenters. The number of nitrogen functional groups attached to an aromatic ring is 1. The fraction of sp³-hybridized carbons (Fsp3) is 0.261. The highest BCUT2D eigenvalue weighted by Crippen LogP contribution is 2.26. The first-order valence-corrected chi connectivity index (χ1v) is 11.1. The molecule has 178 valence electrons. The standard InChI is InChI=1S/C23H25BN8O3/c24-29-8-7-27-22(33)16-3-1-15(2-4-16)17-14-28-21(25)20(30-17)23(34)31-18-13-26-6-5-19(18)32-9-11-35-12-10-32/h1-6,13-14,29H,7-12H2,(H2,25,28)(H,27,33)(H,31,34). The highest BCUT2D eigenvalue weighted by molar-refractivity contribution is 6.07. The average molecular weight is 472 g/mol. The Morgan fingerprint density at radius 2 is 1.83 bits per heavy atom. The van der Waals surface area contributed by atoms with Crippen molar-refractivity contribution in [3.05, 3.63) is 60.2 Å². The largest absolute Gasteiger partial charge is 0.382 e. The number of hydrogen-bond donors (Lipinski definition) is 4. The Kier molecular flexibility index (Phi) is 7.86. The molecule has 1 saturated heterocycles. The van der Waals surface area contributed by atoms with Crippen LogP contribution in [0.5, 0.6) is 0 Å². The average Bonchev–Trinajstić information content (AvgIpc) is 2.90. The number of benzene rings is 1. The molecule has 2 aromatic heterocycles. The number of carbonyl (C=O) groups excluding carboxylic acids is 2. The van der Waals surface area contributed by atoms with Crippen molar-refractivity contribution in [3.8, 4) is 11.3 Å². The van der Waals surface area contributed by atoms with Gasteiger partial charge in [0.2, 0.25) is 0 Å². The second kappa shape index (κ2) is 11.4. The third kappa shape index (κ3) is 5.92. The van der Waals surface area contributed by atoms with Gasteiger partial charge in [-0.05, 0) is 18.2 Å². The molecule has 3 heterocycles. The van der Waals surface area contributed by atoms with Gasteiger partial charge in [-0.25, -0.2) is 9.97 Å². The molecule has 12 heteroatoms. The highest BCUT2D eigenvalue weighted by atomic mass is 16.5. The van der Waals surface area contributed by atoms with Crippen LogP contribution in [0.3, 0.4) is 0 Å². The topological polar surface area (TPSA) is 147 Å². The Morgan fingerprint density at radius 3 is 2.57 bits per heavy atom. The van der Waals surface area contributed by atoms with Crippen molar-refractivity contribution >= 4 is 37.0 Å². The second-order valence-electron chi connectivity index (χ2n) is 7.72. The normalized spacial score (nSPS) is 13.3. The van der Waals surface area contributed by atoms with Crippen molar-refractivity contribution in [1.29, 1.82) is 0 Å². The van der Waals surface area contributed by atoms with Gasteiger partial charge in [0.05, 0.1) is 42.7 Å². The first-order valence-electron chi connectivity index (χ1n) is 11.1. The summed E-state index contributed by atoms with van der Waals surface area (Å²) in [6, 6.07) is 8.65. The zero-order valence-corrected chi connectivity index (χ0v) is 19.0. The Balaban J connectivity index is 1.51. The molecule has 5 N–H and O–H groups in total. The number of anilines is 3. The summed E-state index contributed by atoms with van der Waals surface area (Å²) < 4.78 is 5.42. The van der Waals surface area contributed by atoms with E-state index in [9.17, 15) is 9.59 Å². The summed E-state index contributed by atoms with van der Waals surface area (Å²) in [5, 5.41) is 8.08. The van der Waals surface area contributed by atoms with Crippen LogP contribution in [0.15, 0.2) is 48.9 Å². The minimum atomic E-state index is -0.496. The number of nitrogens with two attached hydrogens (primary N) is 1. The monoisotopic (exact) mass is 472 g/mol. The van der Waals surface area contributed by atoms with Gasteiger partial charge in [0.25, 0.3) is 11.8 Å². The molecule has 35 heavy (non-hydrogen) atoms. The Morgan fingerprint density at radius 1 is 1.06 bits per heavy atom. The smallest absolute Gasteiger partial charge is 0.278 e. The van der Waals surface area contributed by atoms with Gasteiger partial charge >= 0.3 is 0 Å². The molecule has 2 amide bonds. The van der Waals surface area contributed by atoms with Crippen molar-refractivity contribution in [2.45, 2.75) is 0 Å². The van der Waals surface area contributed by atoms with Crippen molar-refractivity contribution in [2.24, 2.45) is 0 Å². The molecule has 11 nitrogen and oxygen atoms in total. The van der Waals surface area contributed by atoms with E-state index in [2.05, 4.69) is 35.7 Å². The summed E-state index contributed by atoms with van der Waals surface area (Å²) in [7, 11) is 5.21. The lowest BCUT2D eigenvalue weighted by Crippen LogP contribution is -2.36. The van der Waals surface area contributed by atoms with Crippen LogP contribution in [0.1, 0.15) is 20.8 Å². The number of pyridine rings is 1. The van der Waals surface area contributed by atoms with Crippen LogP contribution < -0.4 is 26.5 Å². The Bertz CT molecular complexity index is 1190. The van der Waals surface area contributed by atoms with Crippen molar-refractivity contribution in [2.75, 3.05) is 55.3 Å². The lowest BCUT2D eigenvalue weighted by molar-refractivity contribution is 0.0953. The van der Waals surface area contributed by atoms with Crippen LogP contribution in [-0.4, -0.2) is 74.1 Å². The minimum Gasteiger partial charge on any atom is -0.382 e. The van der Waals surface area contributed by atoms with E-state index < -0.39 is 5.91 Å². The minimum absolute atomic E-state index is 0.00427. The van der Waals surface area contributed by atoms with Crippen LogP contribution in [0.25, 0.3) is 11.3 Å². The number of rotatable bonds is 8. The van der Waals surface area contributed by atoms with E-state index in [-0.39, 0.29) is 17.4 Å². The van der Waals surface area contributed by atoms with E-state index in [1.165, 1.54) is 6.20 Å². The zero-order valence-electron chi connectivity index (χ0n) is 19.0. The number of ether oxygens (including phenoxy) is 1. The molecule has 1 aliphatic rings. The van der Waals surface area contributed by atoms with Gasteiger partial charge in [0.1, 0.15) is 0 Å². The number of amides is 2. The van der Waals surface area contributed by atoms with Crippen LogP contribution in [-0.2, 0) is 4.74 Å². The number of morpholine rings is 1.